The molecule has 1 aromatic carbocycles. The van der Waals surface area contributed by atoms with Crippen LogP contribution in [0.25, 0.3) is 10.9 Å². The molecule has 0 fully saturated rings. The first-order chi connectivity index (χ1) is 8.56. The van der Waals surface area contributed by atoms with Crippen LogP contribution in [0.15, 0.2) is 36.5 Å². The van der Waals surface area contributed by atoms with Gasteiger partial charge in [-0.15, -0.1) is 0 Å². The van der Waals surface area contributed by atoms with Crippen molar-refractivity contribution in [3.63, 3.8) is 0 Å². The van der Waals surface area contributed by atoms with Gasteiger partial charge in [0.2, 0.25) is 0 Å². The minimum Gasteiger partial charge on any atom is -0.372 e. The summed E-state index contributed by atoms with van der Waals surface area (Å²) in [5, 5.41) is 1.13. The zero-order chi connectivity index (χ0) is 13.0. The zero-order valence-corrected chi connectivity index (χ0v) is 9.78. The Bertz CT molecular complexity index is 504. The van der Waals surface area contributed by atoms with E-state index in [-0.39, 0.29) is 6.61 Å². The molecule has 0 saturated heterocycles. The fraction of sp³-hybridized carbons (Fsp3) is 0.385. The van der Waals surface area contributed by atoms with Crippen molar-refractivity contribution in [1.29, 1.82) is 0 Å². The molecule has 5 heteroatoms. The number of benzene rings is 1. The molecular weight excluding hydrogens is 243 g/mol. The Morgan fingerprint density at radius 2 is 1.89 bits per heavy atom. The summed E-state index contributed by atoms with van der Waals surface area (Å²) >= 11 is 0. The van der Waals surface area contributed by atoms with Gasteiger partial charge in [-0.2, -0.15) is 13.2 Å². The maximum absolute atomic E-state index is 11.8. The fourth-order valence-electron chi connectivity index (χ4n) is 1.86. The van der Waals surface area contributed by atoms with Gasteiger partial charge in [0.05, 0.1) is 0 Å². The van der Waals surface area contributed by atoms with Crippen LogP contribution < -0.4 is 0 Å². The number of aryl methyl sites for hydroxylation is 1. The molecule has 98 valence electrons. The average Bonchev–Trinajstić information content (AvgIpc) is 2.71. The third kappa shape index (κ3) is 3.50. The number of hydrogen-bond donors (Lipinski definition) is 0. The molecule has 0 radical (unpaired) electrons. The quantitative estimate of drug-likeness (QED) is 0.746. The second-order valence-corrected chi connectivity index (χ2v) is 4.09. The highest BCUT2D eigenvalue weighted by Gasteiger charge is 2.27. The summed E-state index contributed by atoms with van der Waals surface area (Å²) in [7, 11) is 0. The van der Waals surface area contributed by atoms with E-state index in [1.165, 1.54) is 0 Å². The summed E-state index contributed by atoms with van der Waals surface area (Å²) in [4.78, 5) is 0. The Kier molecular flexibility index (Phi) is 3.91. The smallest absolute Gasteiger partial charge is 0.372 e. The Morgan fingerprint density at radius 3 is 2.67 bits per heavy atom. The second kappa shape index (κ2) is 5.44. The molecule has 1 aromatic heterocycles. The van der Waals surface area contributed by atoms with Crippen molar-refractivity contribution < 1.29 is 17.9 Å². The number of rotatable bonds is 5. The average molecular weight is 257 g/mol. The Balaban J connectivity index is 1.80. The monoisotopic (exact) mass is 257 g/mol. The van der Waals surface area contributed by atoms with Crippen molar-refractivity contribution in [2.45, 2.75) is 19.1 Å². The van der Waals surface area contributed by atoms with Gasteiger partial charge in [-0.1, -0.05) is 18.2 Å². The molecule has 0 aliphatic heterocycles. The van der Waals surface area contributed by atoms with Gasteiger partial charge in [-0.25, -0.2) is 0 Å². The van der Waals surface area contributed by atoms with E-state index in [0.29, 0.717) is 13.0 Å². The predicted molar refractivity (Wildman–Crippen MR) is 63.4 cm³/mol. The molecule has 0 spiro atoms. The summed E-state index contributed by atoms with van der Waals surface area (Å²) in [5.74, 6) is 0. The highest BCUT2D eigenvalue weighted by atomic mass is 19.4. The molecule has 2 rings (SSSR count). The summed E-state index contributed by atoms with van der Waals surface area (Å²) < 4.78 is 42.1. The molecular formula is C13H14F3NO. The van der Waals surface area contributed by atoms with Crippen LogP contribution in [0.5, 0.6) is 0 Å². The largest absolute Gasteiger partial charge is 0.411 e. The van der Waals surface area contributed by atoms with Crippen LogP contribution in [0.3, 0.4) is 0 Å². The molecule has 18 heavy (non-hydrogen) atoms. The topological polar surface area (TPSA) is 14.2 Å². The number of fused-ring (bicyclic) bond motifs is 1. The molecule has 0 bridgehead atoms. The number of para-hydroxylation sites is 1. The van der Waals surface area contributed by atoms with Crippen LogP contribution in [0.4, 0.5) is 13.2 Å². The molecule has 0 amide bonds. The molecule has 0 N–H and O–H groups in total. The van der Waals surface area contributed by atoms with Crippen molar-refractivity contribution in [3.8, 4) is 0 Å². The van der Waals surface area contributed by atoms with Crippen LogP contribution >= 0.6 is 0 Å². The molecule has 2 aromatic rings. The van der Waals surface area contributed by atoms with E-state index in [4.69, 9.17) is 0 Å². The molecule has 0 aliphatic rings. The normalized spacial score (nSPS) is 12.2. The van der Waals surface area contributed by atoms with Crippen LogP contribution in [0.2, 0.25) is 0 Å². The Labute approximate surface area is 103 Å². The molecule has 0 atom stereocenters. The van der Waals surface area contributed by atoms with Crippen LogP contribution in [-0.4, -0.2) is 24.0 Å². The van der Waals surface area contributed by atoms with Crippen molar-refractivity contribution in [3.05, 3.63) is 36.5 Å². The summed E-state index contributed by atoms with van der Waals surface area (Å²) in [6.45, 7) is -0.392. The van der Waals surface area contributed by atoms with E-state index < -0.39 is 12.8 Å². The molecule has 0 saturated carbocycles. The summed E-state index contributed by atoms with van der Waals surface area (Å²) in [6.07, 6.45) is -1.73. The van der Waals surface area contributed by atoms with Gasteiger partial charge in [-0.05, 0) is 23.9 Å². The third-order valence-corrected chi connectivity index (χ3v) is 2.63. The van der Waals surface area contributed by atoms with Gasteiger partial charge in [0.1, 0.15) is 6.61 Å². The van der Waals surface area contributed by atoms with Crippen LogP contribution in [-0.2, 0) is 11.3 Å². The maximum Gasteiger partial charge on any atom is 0.411 e. The number of halogens is 3. The first-order valence-electron chi connectivity index (χ1n) is 5.75. The van der Waals surface area contributed by atoms with Crippen molar-refractivity contribution in [2.75, 3.05) is 13.2 Å². The van der Waals surface area contributed by atoms with Crippen LogP contribution in [0.1, 0.15) is 6.42 Å². The van der Waals surface area contributed by atoms with Gasteiger partial charge in [0, 0.05) is 24.9 Å². The minimum absolute atomic E-state index is 0.117. The number of ether oxygens (including phenoxy) is 1. The number of nitrogens with zero attached hydrogens (tertiary/aromatic N) is 1. The van der Waals surface area contributed by atoms with Gasteiger partial charge in [-0.3, -0.25) is 0 Å². The number of aromatic nitrogens is 1. The SMILES string of the molecule is FC(F)(F)COCCCn1ccc2ccccc21. The van der Waals surface area contributed by atoms with Crippen molar-refractivity contribution in [2.24, 2.45) is 0 Å². The van der Waals surface area contributed by atoms with E-state index in [2.05, 4.69) is 4.74 Å². The fourth-order valence-corrected chi connectivity index (χ4v) is 1.86. The first-order valence-corrected chi connectivity index (χ1v) is 5.75. The predicted octanol–water partition coefficient (Wildman–Crippen LogP) is 3.61. The van der Waals surface area contributed by atoms with E-state index >= 15 is 0 Å². The molecule has 0 unspecified atom stereocenters. The standard InChI is InChI=1S/C13H14F3NO/c14-13(15,16)10-18-9-3-7-17-8-6-11-4-1-2-5-12(11)17/h1-2,4-6,8H,3,7,9-10H2. The lowest BCUT2D eigenvalue weighted by Crippen LogP contribution is -2.17. The molecule has 1 heterocycles. The van der Waals surface area contributed by atoms with Crippen LogP contribution in [0, 0.1) is 0 Å². The minimum atomic E-state index is -4.24. The number of alkyl halides is 3. The molecule has 2 nitrogen and oxygen atoms in total. The molecule has 0 aliphatic carbocycles. The van der Waals surface area contributed by atoms with E-state index in [9.17, 15) is 13.2 Å². The zero-order valence-electron chi connectivity index (χ0n) is 9.78. The van der Waals surface area contributed by atoms with E-state index in [1.54, 1.807) is 0 Å². The van der Waals surface area contributed by atoms with Crippen molar-refractivity contribution in [1.82, 2.24) is 4.57 Å². The summed E-state index contributed by atoms with van der Waals surface area (Å²) in [6, 6.07) is 9.89. The Morgan fingerprint density at radius 1 is 1.11 bits per heavy atom. The van der Waals surface area contributed by atoms with Gasteiger partial charge < -0.3 is 9.30 Å². The van der Waals surface area contributed by atoms with Crippen molar-refractivity contribution >= 4 is 10.9 Å². The second-order valence-electron chi connectivity index (χ2n) is 4.09. The number of hydrogen-bond acceptors (Lipinski definition) is 1. The van der Waals surface area contributed by atoms with Gasteiger partial charge in [0.25, 0.3) is 0 Å². The van der Waals surface area contributed by atoms with E-state index in [1.807, 2.05) is 41.1 Å². The highest BCUT2D eigenvalue weighted by molar-refractivity contribution is 5.79. The maximum atomic E-state index is 11.8. The van der Waals surface area contributed by atoms with E-state index in [0.717, 1.165) is 10.9 Å². The highest BCUT2D eigenvalue weighted by Crippen LogP contribution is 2.16. The first kappa shape index (κ1) is 13.0. The third-order valence-electron chi connectivity index (χ3n) is 2.63. The van der Waals surface area contributed by atoms with Gasteiger partial charge >= 0.3 is 6.18 Å². The lowest BCUT2D eigenvalue weighted by atomic mass is 10.2. The Hall–Kier alpha value is -1.49. The summed E-state index contributed by atoms with van der Waals surface area (Å²) in [5.41, 5.74) is 1.09. The lowest BCUT2D eigenvalue weighted by molar-refractivity contribution is -0.174. The lowest BCUT2D eigenvalue weighted by Gasteiger charge is -2.08. The van der Waals surface area contributed by atoms with Gasteiger partial charge in [0.15, 0.2) is 0 Å².